The van der Waals surface area contributed by atoms with Crippen molar-refractivity contribution in [2.24, 2.45) is 7.05 Å². The molecule has 0 aliphatic carbocycles. The van der Waals surface area contributed by atoms with E-state index in [1.807, 2.05) is 0 Å². The number of hydrogen-bond donors (Lipinski definition) is 0. The van der Waals surface area contributed by atoms with Crippen LogP contribution in [0.5, 0.6) is 0 Å². The highest BCUT2D eigenvalue weighted by Gasteiger charge is 2.11. The molecule has 2 nitrogen and oxygen atoms in total. The maximum atomic E-state index is 2.33. The van der Waals surface area contributed by atoms with Crippen molar-refractivity contribution in [1.29, 1.82) is 0 Å². The van der Waals surface area contributed by atoms with Gasteiger partial charge in [-0.25, -0.2) is 0 Å². The first-order valence-electron chi connectivity index (χ1n) is 4.70. The van der Waals surface area contributed by atoms with Gasteiger partial charge in [0.1, 0.15) is 0 Å². The lowest BCUT2D eigenvalue weighted by atomic mass is 10.3. The lowest BCUT2D eigenvalue weighted by Gasteiger charge is -2.00. The lowest BCUT2D eigenvalue weighted by Crippen LogP contribution is -3.00. The minimum atomic E-state index is 0. The van der Waals surface area contributed by atoms with Crippen LogP contribution in [0.25, 0.3) is 0 Å². The van der Waals surface area contributed by atoms with Crippen LogP contribution in [-0.2, 0) is 13.6 Å². The zero-order valence-electron chi connectivity index (χ0n) is 8.97. The van der Waals surface area contributed by atoms with Crippen LogP contribution in [0, 0.1) is 13.8 Å². The largest absolute Gasteiger partial charge is 1.00 e. The smallest absolute Gasteiger partial charge is 0.204 e. The lowest BCUT2D eigenvalue weighted by molar-refractivity contribution is -0.759. The maximum Gasteiger partial charge on any atom is 0.204 e. The van der Waals surface area contributed by atoms with Gasteiger partial charge >= 0.3 is 0 Å². The maximum absolute atomic E-state index is 2.33. The van der Waals surface area contributed by atoms with Crippen molar-refractivity contribution in [2.45, 2.75) is 40.2 Å². The van der Waals surface area contributed by atoms with Crippen LogP contribution in [0.4, 0.5) is 0 Å². The summed E-state index contributed by atoms with van der Waals surface area (Å²) in [6.45, 7) is 7.69. The van der Waals surface area contributed by atoms with Crippen LogP contribution in [0.15, 0.2) is 6.07 Å². The molecular formula is C10H19ClN2. The summed E-state index contributed by atoms with van der Waals surface area (Å²) < 4.78 is 4.56. The van der Waals surface area contributed by atoms with E-state index in [9.17, 15) is 0 Å². The molecule has 0 bridgehead atoms. The van der Waals surface area contributed by atoms with Crippen LogP contribution in [0.3, 0.4) is 0 Å². The van der Waals surface area contributed by atoms with Gasteiger partial charge in [-0.3, -0.25) is 0 Å². The fourth-order valence-corrected chi connectivity index (χ4v) is 1.53. The molecular weight excluding hydrogens is 184 g/mol. The number of unbranched alkanes of at least 4 members (excludes halogenated alkanes) is 1. The summed E-state index contributed by atoms with van der Waals surface area (Å²) in [5.74, 6) is 0. The zero-order chi connectivity index (χ0) is 9.14. The molecule has 1 aromatic heterocycles. The summed E-state index contributed by atoms with van der Waals surface area (Å²) >= 11 is 0. The van der Waals surface area contributed by atoms with E-state index in [-0.39, 0.29) is 12.4 Å². The van der Waals surface area contributed by atoms with Crippen molar-refractivity contribution in [2.75, 3.05) is 0 Å². The van der Waals surface area contributed by atoms with Gasteiger partial charge in [-0.15, -0.1) is 4.68 Å². The second kappa shape index (κ2) is 5.28. The summed E-state index contributed by atoms with van der Waals surface area (Å²) in [5.41, 5.74) is 2.70. The minimum Gasteiger partial charge on any atom is -1.00 e. The third-order valence-electron chi connectivity index (χ3n) is 2.42. The average molecular weight is 203 g/mol. The molecule has 0 spiro atoms. The third-order valence-corrected chi connectivity index (χ3v) is 2.42. The molecule has 0 aliphatic rings. The normalized spacial score (nSPS) is 9.85. The predicted octanol–water partition coefficient (Wildman–Crippen LogP) is -1.27. The Morgan fingerprint density at radius 3 is 2.38 bits per heavy atom. The minimum absolute atomic E-state index is 0. The molecule has 3 heteroatoms. The fraction of sp³-hybridized carbons (Fsp3) is 0.700. The summed E-state index contributed by atoms with van der Waals surface area (Å²) in [6.07, 6.45) is 2.53. The number of rotatable bonds is 3. The summed E-state index contributed by atoms with van der Waals surface area (Å²) in [5, 5.41) is 0. The van der Waals surface area contributed by atoms with Gasteiger partial charge in [-0.05, 0) is 13.3 Å². The van der Waals surface area contributed by atoms with Crippen molar-refractivity contribution in [3.8, 4) is 0 Å². The van der Waals surface area contributed by atoms with E-state index in [1.165, 1.54) is 24.2 Å². The van der Waals surface area contributed by atoms with Gasteiger partial charge in [0, 0.05) is 13.0 Å². The first-order chi connectivity index (χ1) is 5.66. The van der Waals surface area contributed by atoms with Gasteiger partial charge in [0.15, 0.2) is 7.05 Å². The van der Waals surface area contributed by atoms with Gasteiger partial charge in [-0.2, -0.15) is 4.68 Å². The summed E-state index contributed by atoms with van der Waals surface area (Å²) in [6, 6.07) is 2.23. The zero-order valence-corrected chi connectivity index (χ0v) is 9.73. The highest BCUT2D eigenvalue weighted by Crippen LogP contribution is 2.01. The molecule has 0 radical (unpaired) electrons. The SMILES string of the molecule is CCCCn1c(C)cc(C)[n+]1C.[Cl-]. The average Bonchev–Trinajstić information content (AvgIpc) is 2.25. The van der Waals surface area contributed by atoms with Crippen LogP contribution in [0.1, 0.15) is 31.2 Å². The number of aryl methyl sites for hydroxylation is 2. The van der Waals surface area contributed by atoms with Gasteiger partial charge in [0.05, 0.1) is 12.2 Å². The van der Waals surface area contributed by atoms with Gasteiger partial charge in [0.2, 0.25) is 5.69 Å². The van der Waals surface area contributed by atoms with Crippen LogP contribution in [0.2, 0.25) is 0 Å². The van der Waals surface area contributed by atoms with Crippen molar-refractivity contribution in [3.05, 3.63) is 17.5 Å². The van der Waals surface area contributed by atoms with E-state index in [4.69, 9.17) is 0 Å². The van der Waals surface area contributed by atoms with Crippen molar-refractivity contribution >= 4 is 0 Å². The molecule has 0 amide bonds. The Balaban J connectivity index is 0.00000144. The van der Waals surface area contributed by atoms with Crippen molar-refractivity contribution in [1.82, 2.24) is 4.68 Å². The van der Waals surface area contributed by atoms with Crippen molar-refractivity contribution < 1.29 is 17.1 Å². The Morgan fingerprint density at radius 2 is 2.00 bits per heavy atom. The Morgan fingerprint density at radius 1 is 1.38 bits per heavy atom. The Kier molecular flexibility index (Phi) is 5.07. The summed E-state index contributed by atoms with van der Waals surface area (Å²) in [4.78, 5) is 0. The molecule has 13 heavy (non-hydrogen) atoms. The van der Waals surface area contributed by atoms with Crippen LogP contribution in [-0.4, -0.2) is 4.68 Å². The molecule has 1 rings (SSSR count). The monoisotopic (exact) mass is 202 g/mol. The highest BCUT2D eigenvalue weighted by molar-refractivity contribution is 5.01. The van der Waals surface area contributed by atoms with Gasteiger partial charge in [-0.1, -0.05) is 13.3 Å². The molecule has 0 saturated heterocycles. The molecule has 76 valence electrons. The van der Waals surface area contributed by atoms with Gasteiger partial charge in [0.25, 0.3) is 0 Å². The van der Waals surface area contributed by atoms with E-state index in [0.29, 0.717) is 0 Å². The van der Waals surface area contributed by atoms with Gasteiger partial charge < -0.3 is 12.4 Å². The molecule has 0 N–H and O–H groups in total. The first kappa shape index (κ1) is 12.5. The molecule has 1 aromatic rings. The van der Waals surface area contributed by atoms with E-state index in [2.05, 4.69) is 43.2 Å². The standard InChI is InChI=1S/C10H19N2.ClH/c1-5-6-7-12-10(3)8-9(2)11(12)4;/h8H,5-7H2,1-4H3;1H/q+1;/p-1. The predicted molar refractivity (Wildman–Crippen MR) is 50.0 cm³/mol. The van der Waals surface area contributed by atoms with E-state index < -0.39 is 0 Å². The number of halogens is 1. The molecule has 1 heterocycles. The van der Waals surface area contributed by atoms with E-state index >= 15 is 0 Å². The number of hydrogen-bond acceptors (Lipinski definition) is 0. The quantitative estimate of drug-likeness (QED) is 0.541. The molecule has 0 saturated carbocycles. The number of nitrogens with zero attached hydrogens (tertiary/aromatic N) is 2. The van der Waals surface area contributed by atoms with E-state index in [0.717, 1.165) is 6.54 Å². The van der Waals surface area contributed by atoms with Crippen molar-refractivity contribution in [3.63, 3.8) is 0 Å². The molecule has 0 aliphatic heterocycles. The second-order valence-corrected chi connectivity index (χ2v) is 3.43. The number of aromatic nitrogens is 2. The summed E-state index contributed by atoms with van der Waals surface area (Å²) in [7, 11) is 2.12. The van der Waals surface area contributed by atoms with Crippen LogP contribution >= 0.6 is 0 Å². The van der Waals surface area contributed by atoms with E-state index in [1.54, 1.807) is 0 Å². The third kappa shape index (κ3) is 2.73. The molecule has 0 unspecified atom stereocenters. The Bertz CT molecular complexity index is 266. The second-order valence-electron chi connectivity index (χ2n) is 3.43. The molecule has 0 aromatic carbocycles. The van der Waals surface area contributed by atoms with Crippen LogP contribution < -0.4 is 17.1 Å². The fourth-order valence-electron chi connectivity index (χ4n) is 1.53. The Labute approximate surface area is 87.0 Å². The topological polar surface area (TPSA) is 8.81 Å². The first-order valence-corrected chi connectivity index (χ1v) is 4.70. The molecule has 0 atom stereocenters. The Hall–Kier alpha value is -0.500. The molecule has 0 fully saturated rings. The highest BCUT2D eigenvalue weighted by atomic mass is 35.5.